The Hall–Kier alpha value is -3.29. The van der Waals surface area contributed by atoms with Gasteiger partial charge in [-0.3, -0.25) is 4.79 Å². The smallest absolute Gasteiger partial charge is 0.229 e. The maximum absolute atomic E-state index is 12.7. The van der Waals surface area contributed by atoms with E-state index in [1.165, 1.54) is 6.07 Å². The summed E-state index contributed by atoms with van der Waals surface area (Å²) < 4.78 is 16.5. The Labute approximate surface area is 186 Å². The number of aromatic hydroxyl groups is 4. The number of aliphatic hydroxyl groups excluding tert-OH is 4. The van der Waals surface area contributed by atoms with Crippen LogP contribution < -0.4 is 9.47 Å². The number of Topliss-reactive ketones (excluding diaryl/α,β-unsaturated/α-hetero) is 1. The highest BCUT2D eigenvalue weighted by Gasteiger charge is 2.46. The van der Waals surface area contributed by atoms with Gasteiger partial charge >= 0.3 is 0 Å². The number of phenolic OH excluding ortho intramolecular Hbond substituents is 4. The van der Waals surface area contributed by atoms with Crippen LogP contribution in [-0.4, -0.2) is 83.9 Å². The number of hydrogen-bond acceptors (Lipinski definition) is 12. The van der Waals surface area contributed by atoms with Crippen LogP contribution in [0, 0.1) is 0 Å². The van der Waals surface area contributed by atoms with Crippen LogP contribution in [0.2, 0.25) is 0 Å². The maximum Gasteiger partial charge on any atom is 0.229 e. The van der Waals surface area contributed by atoms with Crippen LogP contribution in [0.5, 0.6) is 34.5 Å². The Morgan fingerprint density at radius 3 is 2.30 bits per heavy atom. The van der Waals surface area contributed by atoms with Gasteiger partial charge in [-0.2, -0.15) is 0 Å². The molecule has 2 aliphatic heterocycles. The number of ketones is 1. The number of benzene rings is 2. The van der Waals surface area contributed by atoms with Crippen molar-refractivity contribution in [3.8, 4) is 34.5 Å². The first-order valence-corrected chi connectivity index (χ1v) is 9.88. The standard InChI is InChI=1S/C21H22O12/c22-6-14-15(28)16(29)17(30)21(31-14)33-20-13(27)5-10(24)8-4-12(26)18(32-19(8)20)7-1-2-9(23)11(25)3-7/h1-3,5,14-18,21-25,27-30H,4,6H2/t14-,15-,16+,17-,18?,21+/m1/s1. The molecule has 1 unspecified atom stereocenters. The summed E-state index contributed by atoms with van der Waals surface area (Å²) in [5.74, 6) is -3.23. The fraction of sp³-hybridized carbons (Fsp3) is 0.381. The molecule has 0 amide bonds. The third-order valence-corrected chi connectivity index (χ3v) is 5.56. The van der Waals surface area contributed by atoms with Gasteiger partial charge in [-0.1, -0.05) is 6.07 Å². The van der Waals surface area contributed by atoms with Gasteiger partial charge in [0.2, 0.25) is 12.0 Å². The van der Waals surface area contributed by atoms with Crippen LogP contribution >= 0.6 is 0 Å². The normalized spacial score (nSPS) is 29.3. The number of aliphatic hydroxyl groups is 4. The summed E-state index contributed by atoms with van der Waals surface area (Å²) >= 11 is 0. The third-order valence-electron chi connectivity index (χ3n) is 5.56. The van der Waals surface area contributed by atoms with Crippen molar-refractivity contribution in [2.45, 2.75) is 43.2 Å². The molecule has 6 atom stereocenters. The van der Waals surface area contributed by atoms with Crippen LogP contribution in [-0.2, 0) is 16.0 Å². The lowest BCUT2D eigenvalue weighted by Crippen LogP contribution is -2.60. The summed E-state index contributed by atoms with van der Waals surface area (Å²) in [5, 5.41) is 79.4. The van der Waals surface area contributed by atoms with Crippen molar-refractivity contribution >= 4 is 5.78 Å². The first-order chi connectivity index (χ1) is 15.6. The molecule has 178 valence electrons. The number of phenols is 4. The highest BCUT2D eigenvalue weighted by molar-refractivity contribution is 5.90. The van der Waals surface area contributed by atoms with E-state index in [2.05, 4.69) is 0 Å². The molecule has 12 heteroatoms. The molecule has 0 aliphatic carbocycles. The number of fused-ring (bicyclic) bond motifs is 1. The first kappa shape index (κ1) is 22.9. The molecule has 0 radical (unpaired) electrons. The number of carbonyl (C=O) groups excluding carboxylic acids is 1. The molecule has 2 aliphatic rings. The molecular formula is C21H22O12. The second-order valence-corrected chi connectivity index (χ2v) is 7.76. The number of rotatable bonds is 4. The van der Waals surface area contributed by atoms with Crippen molar-refractivity contribution in [3.63, 3.8) is 0 Å². The zero-order valence-corrected chi connectivity index (χ0v) is 16.9. The average molecular weight is 466 g/mol. The van der Waals surface area contributed by atoms with Crippen LogP contribution in [0.4, 0.5) is 0 Å². The highest BCUT2D eigenvalue weighted by Crippen LogP contribution is 2.50. The first-order valence-electron chi connectivity index (χ1n) is 9.88. The minimum atomic E-state index is -1.79. The van der Waals surface area contributed by atoms with Crippen molar-refractivity contribution in [2.24, 2.45) is 0 Å². The van der Waals surface area contributed by atoms with E-state index in [1.54, 1.807) is 0 Å². The van der Waals surface area contributed by atoms with Crippen LogP contribution in [0.25, 0.3) is 0 Å². The molecule has 0 bridgehead atoms. The van der Waals surface area contributed by atoms with E-state index in [1.807, 2.05) is 0 Å². The monoisotopic (exact) mass is 466 g/mol. The Balaban J connectivity index is 1.71. The molecule has 0 saturated carbocycles. The Kier molecular flexibility index (Phi) is 5.95. The van der Waals surface area contributed by atoms with Gasteiger partial charge in [0.25, 0.3) is 0 Å². The molecule has 12 nitrogen and oxygen atoms in total. The molecule has 8 N–H and O–H groups in total. The third kappa shape index (κ3) is 3.98. The summed E-state index contributed by atoms with van der Waals surface area (Å²) in [7, 11) is 0. The summed E-state index contributed by atoms with van der Waals surface area (Å²) in [6.07, 6.45) is -9.77. The van der Waals surface area contributed by atoms with E-state index in [-0.39, 0.29) is 23.3 Å². The predicted molar refractivity (Wildman–Crippen MR) is 106 cm³/mol. The molecule has 4 rings (SSSR count). The Bertz CT molecular complexity index is 1070. The molecular weight excluding hydrogens is 444 g/mol. The fourth-order valence-corrected chi connectivity index (χ4v) is 3.75. The minimum Gasteiger partial charge on any atom is -0.507 e. The topological polar surface area (TPSA) is 207 Å². The lowest BCUT2D eigenvalue weighted by atomic mass is 9.94. The zero-order chi connectivity index (χ0) is 24.0. The number of ether oxygens (including phenoxy) is 3. The van der Waals surface area contributed by atoms with Crippen molar-refractivity contribution < 1.29 is 59.9 Å². The van der Waals surface area contributed by atoms with E-state index in [4.69, 9.17) is 14.2 Å². The van der Waals surface area contributed by atoms with Gasteiger partial charge in [0.05, 0.1) is 6.61 Å². The van der Waals surface area contributed by atoms with E-state index in [0.717, 1.165) is 18.2 Å². The molecule has 2 aromatic carbocycles. The van der Waals surface area contributed by atoms with E-state index >= 15 is 0 Å². The molecule has 33 heavy (non-hydrogen) atoms. The number of carbonyl (C=O) groups is 1. The summed E-state index contributed by atoms with van der Waals surface area (Å²) in [5.41, 5.74) is 0.138. The maximum atomic E-state index is 12.7. The van der Waals surface area contributed by atoms with E-state index in [9.17, 15) is 45.6 Å². The van der Waals surface area contributed by atoms with E-state index in [0.29, 0.717) is 0 Å². The number of hydrogen-bond donors (Lipinski definition) is 8. The van der Waals surface area contributed by atoms with Crippen LogP contribution in [0.1, 0.15) is 17.2 Å². The molecule has 2 heterocycles. The lowest BCUT2D eigenvalue weighted by molar-refractivity contribution is -0.277. The van der Waals surface area contributed by atoms with Crippen molar-refractivity contribution in [1.82, 2.24) is 0 Å². The largest absolute Gasteiger partial charge is 0.507 e. The van der Waals surface area contributed by atoms with Crippen LogP contribution in [0.3, 0.4) is 0 Å². The molecule has 1 saturated heterocycles. The Morgan fingerprint density at radius 1 is 0.909 bits per heavy atom. The van der Waals surface area contributed by atoms with Crippen LogP contribution in [0.15, 0.2) is 24.3 Å². The molecule has 2 aromatic rings. The van der Waals surface area contributed by atoms with Crippen molar-refractivity contribution in [2.75, 3.05) is 6.61 Å². The highest BCUT2D eigenvalue weighted by atomic mass is 16.7. The van der Waals surface area contributed by atoms with Gasteiger partial charge in [-0.15, -0.1) is 0 Å². The van der Waals surface area contributed by atoms with E-state index < -0.39 is 77.9 Å². The SMILES string of the molecule is O=C1Cc2c(O)cc(O)c(O[C@@H]3O[C@H](CO)[C@@H](O)[C@H](O)[C@H]3O)c2OC1c1ccc(O)c(O)c1. The Morgan fingerprint density at radius 2 is 1.64 bits per heavy atom. The zero-order valence-electron chi connectivity index (χ0n) is 16.9. The second kappa shape index (κ2) is 8.57. The fourth-order valence-electron chi connectivity index (χ4n) is 3.75. The van der Waals surface area contributed by atoms with Gasteiger partial charge in [0.1, 0.15) is 30.2 Å². The minimum absolute atomic E-state index is 0.0309. The predicted octanol–water partition coefficient (Wildman–Crippen LogP) is -1.07. The van der Waals surface area contributed by atoms with Crippen molar-refractivity contribution in [3.05, 3.63) is 35.4 Å². The second-order valence-electron chi connectivity index (χ2n) is 7.76. The summed E-state index contributed by atoms with van der Waals surface area (Å²) in [4.78, 5) is 12.7. The summed E-state index contributed by atoms with van der Waals surface area (Å²) in [6.45, 7) is -0.706. The lowest BCUT2D eigenvalue weighted by Gasteiger charge is -2.40. The van der Waals surface area contributed by atoms with Crippen molar-refractivity contribution in [1.29, 1.82) is 0 Å². The van der Waals surface area contributed by atoms with Gasteiger partial charge in [0, 0.05) is 23.6 Å². The summed E-state index contributed by atoms with van der Waals surface area (Å²) in [6, 6.07) is 4.50. The molecule has 0 aromatic heterocycles. The van der Waals surface area contributed by atoms with Gasteiger partial charge in [0.15, 0.2) is 34.9 Å². The average Bonchev–Trinajstić information content (AvgIpc) is 2.78. The molecule has 0 spiro atoms. The van der Waals surface area contributed by atoms with Gasteiger partial charge < -0.3 is 55.1 Å². The van der Waals surface area contributed by atoms with Gasteiger partial charge in [-0.25, -0.2) is 0 Å². The molecule has 1 fully saturated rings. The van der Waals surface area contributed by atoms with Gasteiger partial charge in [-0.05, 0) is 12.1 Å². The quantitative estimate of drug-likeness (QED) is 0.254.